The van der Waals surface area contributed by atoms with Crippen LogP contribution in [0.2, 0.25) is 0 Å². The lowest BCUT2D eigenvalue weighted by molar-refractivity contribution is -0.127. The lowest BCUT2D eigenvalue weighted by Gasteiger charge is -2.30. The summed E-state index contributed by atoms with van der Waals surface area (Å²) >= 11 is 0. The maximum Gasteiger partial charge on any atom is 0.239 e. The van der Waals surface area contributed by atoms with Crippen molar-refractivity contribution in [1.29, 1.82) is 0 Å². The van der Waals surface area contributed by atoms with E-state index in [0.717, 1.165) is 0 Å². The van der Waals surface area contributed by atoms with E-state index in [1.165, 1.54) is 0 Å². The van der Waals surface area contributed by atoms with Crippen molar-refractivity contribution in [2.75, 3.05) is 6.61 Å². The highest BCUT2D eigenvalue weighted by Crippen LogP contribution is 2.07. The molecule has 4 heteroatoms. The van der Waals surface area contributed by atoms with Gasteiger partial charge >= 0.3 is 0 Å². The van der Waals surface area contributed by atoms with Crippen molar-refractivity contribution in [3.05, 3.63) is 0 Å². The molecule has 0 aromatic rings. The Balaban J connectivity index is 4.32. The number of hydrogen-bond donors (Lipinski definition) is 2. The Hall–Kier alpha value is -0.610. The van der Waals surface area contributed by atoms with Crippen molar-refractivity contribution in [3.8, 4) is 0 Å². The number of carbonyl (C=O) groups is 1. The Bertz CT molecular complexity index is 193. The molecule has 3 N–H and O–H groups in total. The van der Waals surface area contributed by atoms with Crippen LogP contribution in [0.3, 0.4) is 0 Å². The third-order valence-electron chi connectivity index (χ3n) is 1.86. The average molecular weight is 202 g/mol. The molecular formula is C10H22N2O2. The fourth-order valence-electron chi connectivity index (χ4n) is 1.15. The summed E-state index contributed by atoms with van der Waals surface area (Å²) in [7, 11) is 0. The lowest BCUT2D eigenvalue weighted by atomic mass is 10.0. The molecule has 0 aliphatic rings. The Kier molecular flexibility index (Phi) is 5.08. The first-order valence-electron chi connectivity index (χ1n) is 4.97. The number of carbonyl (C=O) groups excluding carboxylic acids is 1. The summed E-state index contributed by atoms with van der Waals surface area (Å²) in [4.78, 5) is 11.2. The van der Waals surface area contributed by atoms with Crippen LogP contribution in [0.15, 0.2) is 0 Å². The quantitative estimate of drug-likeness (QED) is 0.665. The normalized spacial score (nSPS) is 15.9. The Morgan fingerprint density at radius 3 is 2.21 bits per heavy atom. The van der Waals surface area contributed by atoms with E-state index in [4.69, 9.17) is 10.5 Å². The molecule has 1 unspecified atom stereocenters. The van der Waals surface area contributed by atoms with Crippen molar-refractivity contribution >= 4 is 5.91 Å². The largest absolute Gasteiger partial charge is 0.376 e. The third-order valence-corrected chi connectivity index (χ3v) is 1.86. The lowest BCUT2D eigenvalue weighted by Crippen LogP contribution is -2.58. The maximum absolute atomic E-state index is 11.2. The van der Waals surface area contributed by atoms with Crippen molar-refractivity contribution in [2.24, 2.45) is 5.73 Å². The van der Waals surface area contributed by atoms with E-state index in [0.29, 0.717) is 6.61 Å². The predicted molar refractivity (Wildman–Crippen MR) is 57.0 cm³/mol. The summed E-state index contributed by atoms with van der Waals surface area (Å²) in [6, 6.07) is 0.197. The second-order valence-electron chi connectivity index (χ2n) is 4.36. The minimum absolute atomic E-state index is 0.0997. The number of hydrogen-bond acceptors (Lipinski definition) is 3. The van der Waals surface area contributed by atoms with E-state index in [2.05, 4.69) is 5.32 Å². The van der Waals surface area contributed by atoms with Gasteiger partial charge in [0.25, 0.3) is 0 Å². The van der Waals surface area contributed by atoms with Crippen LogP contribution in [0.4, 0.5) is 0 Å². The van der Waals surface area contributed by atoms with Gasteiger partial charge in [-0.05, 0) is 34.6 Å². The van der Waals surface area contributed by atoms with Gasteiger partial charge in [-0.3, -0.25) is 10.1 Å². The van der Waals surface area contributed by atoms with Crippen LogP contribution < -0.4 is 11.1 Å². The highest BCUT2D eigenvalue weighted by Gasteiger charge is 2.32. The van der Waals surface area contributed by atoms with Gasteiger partial charge in [0.05, 0.1) is 12.7 Å². The molecule has 0 aromatic carbocycles. The molecule has 1 amide bonds. The highest BCUT2D eigenvalue weighted by atomic mass is 16.5. The van der Waals surface area contributed by atoms with Crippen LogP contribution in [0.25, 0.3) is 0 Å². The molecule has 0 saturated heterocycles. The molecule has 0 rings (SSSR count). The van der Waals surface area contributed by atoms with Crippen molar-refractivity contribution in [2.45, 2.75) is 52.3 Å². The number of primary amides is 1. The van der Waals surface area contributed by atoms with Gasteiger partial charge in [0.2, 0.25) is 5.91 Å². The van der Waals surface area contributed by atoms with E-state index < -0.39 is 5.54 Å². The monoisotopic (exact) mass is 202 g/mol. The van der Waals surface area contributed by atoms with Gasteiger partial charge < -0.3 is 10.5 Å². The molecule has 0 spiro atoms. The minimum Gasteiger partial charge on any atom is -0.376 e. The summed E-state index contributed by atoms with van der Waals surface area (Å²) in [5.74, 6) is -0.383. The Labute approximate surface area is 86.2 Å². The van der Waals surface area contributed by atoms with E-state index in [1.807, 2.05) is 27.7 Å². The number of nitrogens with one attached hydrogen (secondary N) is 1. The number of nitrogens with two attached hydrogens (primary N) is 1. The van der Waals surface area contributed by atoms with E-state index >= 15 is 0 Å². The van der Waals surface area contributed by atoms with Gasteiger partial charge in [-0.25, -0.2) is 0 Å². The second-order valence-corrected chi connectivity index (χ2v) is 4.36. The van der Waals surface area contributed by atoms with Crippen molar-refractivity contribution in [3.63, 3.8) is 0 Å². The highest BCUT2D eigenvalue weighted by molar-refractivity contribution is 5.84. The molecule has 0 radical (unpaired) electrons. The molecule has 0 aliphatic carbocycles. The van der Waals surface area contributed by atoms with Crippen LogP contribution in [0.5, 0.6) is 0 Å². The predicted octanol–water partition coefficient (Wildman–Crippen LogP) is 0.653. The van der Waals surface area contributed by atoms with Crippen LogP contribution in [0.1, 0.15) is 34.6 Å². The van der Waals surface area contributed by atoms with E-state index in [-0.39, 0.29) is 18.1 Å². The molecule has 0 aliphatic heterocycles. The molecule has 0 fully saturated rings. The van der Waals surface area contributed by atoms with Crippen molar-refractivity contribution in [1.82, 2.24) is 5.32 Å². The zero-order valence-corrected chi connectivity index (χ0v) is 9.76. The topological polar surface area (TPSA) is 64.3 Å². The molecule has 0 heterocycles. The summed E-state index contributed by atoms with van der Waals surface area (Å²) < 4.78 is 5.41. The summed E-state index contributed by atoms with van der Waals surface area (Å²) in [5, 5.41) is 3.11. The summed E-state index contributed by atoms with van der Waals surface area (Å²) in [6.07, 6.45) is 0.0997. The fraction of sp³-hybridized carbons (Fsp3) is 0.900. The van der Waals surface area contributed by atoms with Gasteiger partial charge in [0.1, 0.15) is 5.54 Å². The minimum atomic E-state index is -0.779. The van der Waals surface area contributed by atoms with E-state index in [9.17, 15) is 4.79 Å². The zero-order chi connectivity index (χ0) is 11.4. The molecule has 14 heavy (non-hydrogen) atoms. The molecule has 84 valence electrons. The van der Waals surface area contributed by atoms with Gasteiger partial charge in [-0.15, -0.1) is 0 Å². The average Bonchev–Trinajstić information content (AvgIpc) is 1.99. The van der Waals surface area contributed by atoms with Crippen LogP contribution in [-0.2, 0) is 9.53 Å². The summed E-state index contributed by atoms with van der Waals surface area (Å²) in [6.45, 7) is 9.86. The molecule has 0 aromatic heterocycles. The Morgan fingerprint density at radius 2 is 1.93 bits per heavy atom. The van der Waals surface area contributed by atoms with Gasteiger partial charge in [-0.2, -0.15) is 0 Å². The van der Waals surface area contributed by atoms with Crippen LogP contribution in [-0.4, -0.2) is 30.2 Å². The molecule has 1 atom stereocenters. The van der Waals surface area contributed by atoms with Crippen LogP contribution >= 0.6 is 0 Å². The molecule has 0 saturated carbocycles. The summed E-state index contributed by atoms with van der Waals surface area (Å²) in [5.41, 5.74) is 4.54. The van der Waals surface area contributed by atoms with Gasteiger partial charge in [-0.1, -0.05) is 0 Å². The van der Waals surface area contributed by atoms with Gasteiger partial charge in [0, 0.05) is 6.04 Å². The number of amides is 1. The molecule has 4 nitrogen and oxygen atoms in total. The standard InChI is InChI=1S/C10H22N2O2/c1-7(2)12-10(5,9(11)13)6-14-8(3)4/h7-8,12H,6H2,1-5H3,(H2,11,13). The van der Waals surface area contributed by atoms with Crippen LogP contribution in [0, 0.1) is 0 Å². The smallest absolute Gasteiger partial charge is 0.239 e. The SMILES string of the molecule is CC(C)NC(C)(COC(C)C)C(N)=O. The molecule has 0 bridgehead atoms. The first-order valence-corrected chi connectivity index (χ1v) is 4.97. The number of ether oxygens (including phenoxy) is 1. The first kappa shape index (κ1) is 13.4. The maximum atomic E-state index is 11.2. The fourth-order valence-corrected chi connectivity index (χ4v) is 1.15. The van der Waals surface area contributed by atoms with Crippen molar-refractivity contribution < 1.29 is 9.53 Å². The van der Waals surface area contributed by atoms with Gasteiger partial charge in [0.15, 0.2) is 0 Å². The first-order chi connectivity index (χ1) is 6.28. The third kappa shape index (κ3) is 4.58. The Morgan fingerprint density at radius 1 is 1.43 bits per heavy atom. The van der Waals surface area contributed by atoms with E-state index in [1.54, 1.807) is 6.92 Å². The second kappa shape index (κ2) is 5.32. The number of rotatable bonds is 6. The zero-order valence-electron chi connectivity index (χ0n) is 9.76. The molecular weight excluding hydrogens is 180 g/mol.